The third-order valence-electron chi connectivity index (χ3n) is 4.67. The van der Waals surface area contributed by atoms with Gasteiger partial charge in [-0.15, -0.1) is 11.8 Å². The number of hydrogen-bond acceptors (Lipinski definition) is 4. The van der Waals surface area contributed by atoms with E-state index in [0.29, 0.717) is 12.2 Å². The van der Waals surface area contributed by atoms with E-state index in [1.54, 1.807) is 29.2 Å². The van der Waals surface area contributed by atoms with Crippen LogP contribution in [0.1, 0.15) is 56.4 Å². The second-order valence-electron chi connectivity index (χ2n) is 6.26. The van der Waals surface area contributed by atoms with Crippen LogP contribution in [-0.2, 0) is 9.59 Å². The number of amides is 2. The fourth-order valence-corrected chi connectivity index (χ4v) is 4.84. The molecule has 3 rings (SSSR count). The van der Waals surface area contributed by atoms with Crippen LogP contribution in [0.2, 0.25) is 0 Å². The Bertz CT molecular complexity index is 540. The van der Waals surface area contributed by atoms with Gasteiger partial charge < -0.3 is 14.6 Å². The lowest BCUT2D eigenvalue weighted by molar-refractivity contribution is -0.140. The van der Waals surface area contributed by atoms with Crippen molar-refractivity contribution >= 4 is 23.6 Å². The van der Waals surface area contributed by atoms with Gasteiger partial charge in [0, 0.05) is 23.8 Å². The van der Waals surface area contributed by atoms with Gasteiger partial charge in [-0.1, -0.05) is 26.2 Å². The maximum Gasteiger partial charge on any atom is 0.243 e. The van der Waals surface area contributed by atoms with Gasteiger partial charge in [0.1, 0.15) is 11.4 Å². The third-order valence-corrected chi connectivity index (χ3v) is 6.00. The van der Waals surface area contributed by atoms with E-state index in [2.05, 4.69) is 5.32 Å². The normalized spacial score (nSPS) is 25.5. The van der Waals surface area contributed by atoms with Crippen LogP contribution in [0.25, 0.3) is 0 Å². The van der Waals surface area contributed by atoms with E-state index >= 15 is 0 Å². The molecule has 2 fully saturated rings. The molecule has 1 aromatic rings. The summed E-state index contributed by atoms with van der Waals surface area (Å²) in [6.45, 7) is 1.84. The lowest BCUT2D eigenvalue weighted by Crippen LogP contribution is -2.50. The van der Waals surface area contributed by atoms with Gasteiger partial charge >= 0.3 is 0 Å². The van der Waals surface area contributed by atoms with Gasteiger partial charge in [0.2, 0.25) is 11.8 Å². The first-order chi connectivity index (χ1) is 11.2. The van der Waals surface area contributed by atoms with E-state index in [1.807, 2.05) is 13.0 Å². The van der Waals surface area contributed by atoms with Gasteiger partial charge in [-0.25, -0.2) is 0 Å². The summed E-state index contributed by atoms with van der Waals surface area (Å²) in [5.41, 5.74) is 0.949. The minimum Gasteiger partial charge on any atom is -0.472 e. The van der Waals surface area contributed by atoms with Gasteiger partial charge in [0.05, 0.1) is 12.5 Å². The van der Waals surface area contributed by atoms with E-state index in [0.717, 1.165) is 18.4 Å². The molecule has 2 aliphatic rings. The van der Waals surface area contributed by atoms with E-state index in [1.165, 1.54) is 19.3 Å². The standard InChI is InChI=1S/C17H24N2O3S/c1-2-15(20)19-14(11-23-17(19)12-8-9-22-10-12)16(21)18-13-6-4-3-5-7-13/h8-10,13-14,17H,2-7,11H2,1H3,(H,18,21). The summed E-state index contributed by atoms with van der Waals surface area (Å²) in [4.78, 5) is 26.9. The van der Waals surface area contributed by atoms with Gasteiger partial charge in [-0.2, -0.15) is 0 Å². The summed E-state index contributed by atoms with van der Waals surface area (Å²) in [5.74, 6) is 0.655. The van der Waals surface area contributed by atoms with Crippen molar-refractivity contribution in [3.8, 4) is 0 Å². The van der Waals surface area contributed by atoms with Crippen molar-refractivity contribution in [1.82, 2.24) is 10.2 Å². The number of rotatable bonds is 4. The molecule has 6 heteroatoms. The summed E-state index contributed by atoms with van der Waals surface area (Å²) >= 11 is 1.63. The molecule has 1 aliphatic heterocycles. The lowest BCUT2D eigenvalue weighted by atomic mass is 9.95. The average molecular weight is 336 g/mol. The van der Waals surface area contributed by atoms with Crippen LogP contribution in [0.5, 0.6) is 0 Å². The van der Waals surface area contributed by atoms with Gasteiger partial charge in [-0.05, 0) is 18.9 Å². The Morgan fingerprint density at radius 2 is 2.13 bits per heavy atom. The van der Waals surface area contributed by atoms with E-state index in [9.17, 15) is 9.59 Å². The minimum absolute atomic E-state index is 0.00260. The van der Waals surface area contributed by atoms with Crippen LogP contribution in [0.15, 0.2) is 23.0 Å². The molecular formula is C17H24N2O3S. The molecule has 1 N–H and O–H groups in total. The highest BCUT2D eigenvalue weighted by molar-refractivity contribution is 7.99. The number of nitrogens with zero attached hydrogens (tertiary/aromatic N) is 1. The summed E-state index contributed by atoms with van der Waals surface area (Å²) in [7, 11) is 0. The van der Waals surface area contributed by atoms with Crippen LogP contribution in [0.4, 0.5) is 0 Å². The molecular weight excluding hydrogens is 312 g/mol. The Morgan fingerprint density at radius 3 is 2.78 bits per heavy atom. The molecule has 5 nitrogen and oxygen atoms in total. The number of carbonyl (C=O) groups is 2. The molecule has 2 atom stereocenters. The van der Waals surface area contributed by atoms with Crippen LogP contribution in [0.3, 0.4) is 0 Å². The Balaban J connectivity index is 1.72. The summed E-state index contributed by atoms with van der Waals surface area (Å²) in [5, 5.41) is 3.04. The molecule has 2 amide bonds. The third kappa shape index (κ3) is 3.57. The molecule has 0 radical (unpaired) electrons. The van der Waals surface area contributed by atoms with Crippen molar-refractivity contribution in [2.75, 3.05) is 5.75 Å². The maximum absolute atomic E-state index is 12.7. The van der Waals surface area contributed by atoms with Gasteiger partial charge in [0.15, 0.2) is 0 Å². The number of hydrogen-bond donors (Lipinski definition) is 1. The number of nitrogens with one attached hydrogen (secondary N) is 1. The second-order valence-corrected chi connectivity index (χ2v) is 7.37. The molecule has 0 spiro atoms. The smallest absolute Gasteiger partial charge is 0.243 e. The van der Waals surface area contributed by atoms with Gasteiger partial charge in [0.25, 0.3) is 0 Å². The highest BCUT2D eigenvalue weighted by atomic mass is 32.2. The fourth-order valence-electron chi connectivity index (χ4n) is 3.41. The molecule has 126 valence electrons. The molecule has 2 heterocycles. The number of carbonyl (C=O) groups excluding carboxylic acids is 2. The maximum atomic E-state index is 12.7. The predicted octanol–water partition coefficient (Wildman–Crippen LogP) is 3.08. The van der Waals surface area contributed by atoms with E-state index < -0.39 is 0 Å². The summed E-state index contributed by atoms with van der Waals surface area (Å²) in [6.07, 6.45) is 9.40. The first-order valence-electron chi connectivity index (χ1n) is 8.46. The quantitative estimate of drug-likeness (QED) is 0.918. The Labute approximate surface area is 141 Å². The second kappa shape index (κ2) is 7.43. The molecule has 1 saturated carbocycles. The van der Waals surface area contributed by atoms with E-state index in [-0.39, 0.29) is 29.3 Å². The minimum atomic E-state index is -0.380. The van der Waals surface area contributed by atoms with Crippen LogP contribution in [0, 0.1) is 0 Å². The topological polar surface area (TPSA) is 62.6 Å². The SMILES string of the molecule is CCC(=O)N1C(C(=O)NC2CCCCC2)CSC1c1ccoc1. The monoisotopic (exact) mass is 336 g/mol. The lowest BCUT2D eigenvalue weighted by Gasteiger charge is -2.30. The van der Waals surface area contributed by atoms with Crippen molar-refractivity contribution < 1.29 is 14.0 Å². The zero-order valence-electron chi connectivity index (χ0n) is 13.5. The van der Waals surface area contributed by atoms with Crippen molar-refractivity contribution in [1.29, 1.82) is 0 Å². The molecule has 23 heavy (non-hydrogen) atoms. The summed E-state index contributed by atoms with van der Waals surface area (Å²) < 4.78 is 5.15. The first kappa shape index (κ1) is 16.4. The summed E-state index contributed by atoms with van der Waals surface area (Å²) in [6, 6.07) is 1.76. The van der Waals surface area contributed by atoms with Crippen LogP contribution >= 0.6 is 11.8 Å². The molecule has 0 bridgehead atoms. The van der Waals surface area contributed by atoms with Crippen LogP contribution in [-0.4, -0.2) is 34.6 Å². The fraction of sp³-hybridized carbons (Fsp3) is 0.647. The Kier molecular flexibility index (Phi) is 5.30. The van der Waals surface area contributed by atoms with Gasteiger partial charge in [-0.3, -0.25) is 9.59 Å². The highest BCUT2D eigenvalue weighted by Crippen LogP contribution is 2.42. The largest absolute Gasteiger partial charge is 0.472 e. The van der Waals surface area contributed by atoms with Crippen molar-refractivity contribution in [2.24, 2.45) is 0 Å². The molecule has 1 aromatic heterocycles. The number of thioether (sulfide) groups is 1. The predicted molar refractivity (Wildman–Crippen MR) is 89.8 cm³/mol. The highest BCUT2D eigenvalue weighted by Gasteiger charge is 2.42. The molecule has 2 unspecified atom stereocenters. The number of furan rings is 1. The van der Waals surface area contributed by atoms with Crippen molar-refractivity contribution in [3.63, 3.8) is 0 Å². The molecule has 1 aliphatic carbocycles. The zero-order valence-corrected chi connectivity index (χ0v) is 14.3. The first-order valence-corrected chi connectivity index (χ1v) is 9.50. The molecule has 0 aromatic carbocycles. The van der Waals surface area contributed by atoms with Crippen LogP contribution < -0.4 is 5.32 Å². The van der Waals surface area contributed by atoms with Crippen molar-refractivity contribution in [2.45, 2.75) is 62.9 Å². The van der Waals surface area contributed by atoms with E-state index in [4.69, 9.17) is 4.42 Å². The Morgan fingerprint density at radius 1 is 1.35 bits per heavy atom. The molecule has 1 saturated heterocycles. The Hall–Kier alpha value is -1.43. The zero-order chi connectivity index (χ0) is 16.2. The average Bonchev–Trinajstić information content (AvgIpc) is 3.24. The van der Waals surface area contributed by atoms with Crippen molar-refractivity contribution in [3.05, 3.63) is 24.2 Å².